The van der Waals surface area contributed by atoms with E-state index in [1.54, 1.807) is 49.5 Å². The molecule has 3 aromatic rings. The quantitative estimate of drug-likeness (QED) is 0.190. The number of carbonyl (C=O) groups excluding carboxylic acids is 1. The summed E-state index contributed by atoms with van der Waals surface area (Å²) >= 11 is 0. The van der Waals surface area contributed by atoms with Gasteiger partial charge in [-0.3, -0.25) is 15.0 Å². The second-order valence-corrected chi connectivity index (χ2v) is 12.8. The third-order valence-electron chi connectivity index (χ3n) is 8.27. The molecule has 43 heavy (non-hydrogen) atoms. The maximum Gasteiger partial charge on any atom is 0.414 e. The van der Waals surface area contributed by atoms with Crippen molar-refractivity contribution in [3.8, 4) is 0 Å². The average Bonchev–Trinajstić information content (AvgIpc) is 3.04. The Morgan fingerprint density at radius 1 is 1.05 bits per heavy atom. The smallest absolute Gasteiger partial charge is 0.414 e. The van der Waals surface area contributed by atoms with Gasteiger partial charge in [0.2, 0.25) is 10.0 Å². The fourth-order valence-corrected chi connectivity index (χ4v) is 6.94. The van der Waals surface area contributed by atoms with Crippen LogP contribution in [0.25, 0.3) is 0 Å². The van der Waals surface area contributed by atoms with Crippen molar-refractivity contribution >= 4 is 21.8 Å². The topological polar surface area (TPSA) is 113 Å². The molecule has 10 nitrogen and oxygen atoms in total. The summed E-state index contributed by atoms with van der Waals surface area (Å²) in [6, 6.07) is 24.0. The number of carbonyl (C=O) groups is 1. The molecule has 1 heterocycles. The molecule has 1 aliphatic rings. The molecular weight excluding hydrogens is 568 g/mol. The number of piperidine rings is 1. The summed E-state index contributed by atoms with van der Waals surface area (Å²) < 4.78 is 34.2. The zero-order valence-electron chi connectivity index (χ0n) is 24.5. The average molecular weight is 607 g/mol. The number of sulfonamides is 1. The third-order valence-corrected chi connectivity index (χ3v) is 10.3. The molecule has 0 radical (unpaired) electrons. The minimum atomic E-state index is -3.75. The molecule has 1 saturated heterocycles. The number of rotatable bonds is 12. The highest BCUT2D eigenvalue weighted by atomic mass is 32.2. The second kappa shape index (κ2) is 13.9. The fraction of sp³-hybridized carbons (Fsp3) is 0.344. The normalized spacial score (nSPS) is 15.9. The highest BCUT2D eigenvalue weighted by Gasteiger charge is 2.39. The van der Waals surface area contributed by atoms with Crippen molar-refractivity contribution in [2.24, 2.45) is 0 Å². The Kier molecular flexibility index (Phi) is 10.3. The predicted molar refractivity (Wildman–Crippen MR) is 165 cm³/mol. The first-order chi connectivity index (χ1) is 20.6. The van der Waals surface area contributed by atoms with Gasteiger partial charge in [0.05, 0.1) is 15.4 Å². The number of benzene rings is 3. The van der Waals surface area contributed by atoms with Gasteiger partial charge in [-0.05, 0) is 61.6 Å². The molecule has 1 unspecified atom stereocenters. The van der Waals surface area contributed by atoms with Crippen molar-refractivity contribution in [1.29, 1.82) is 0 Å². The Labute approximate surface area is 253 Å². The van der Waals surface area contributed by atoms with Gasteiger partial charge >= 0.3 is 6.09 Å². The number of likely N-dealkylation sites (tertiary alicyclic amines) is 1. The number of nitro groups is 1. The molecule has 0 bridgehead atoms. The van der Waals surface area contributed by atoms with E-state index in [9.17, 15) is 23.3 Å². The van der Waals surface area contributed by atoms with Gasteiger partial charge in [-0.15, -0.1) is 0 Å². The van der Waals surface area contributed by atoms with Crippen molar-refractivity contribution in [3.63, 3.8) is 0 Å². The third kappa shape index (κ3) is 7.48. The van der Waals surface area contributed by atoms with Crippen molar-refractivity contribution in [3.05, 3.63) is 119 Å². The fourth-order valence-electron chi connectivity index (χ4n) is 5.40. The van der Waals surface area contributed by atoms with Gasteiger partial charge < -0.3 is 9.64 Å². The van der Waals surface area contributed by atoms with Crippen LogP contribution in [-0.4, -0.2) is 66.3 Å². The molecule has 11 heteroatoms. The first kappa shape index (κ1) is 31.9. The van der Waals surface area contributed by atoms with E-state index >= 15 is 0 Å². The van der Waals surface area contributed by atoms with E-state index < -0.39 is 26.6 Å². The first-order valence-electron chi connectivity index (χ1n) is 14.2. The van der Waals surface area contributed by atoms with Crippen molar-refractivity contribution < 1.29 is 22.9 Å². The molecule has 0 saturated carbocycles. The van der Waals surface area contributed by atoms with Crippen LogP contribution in [-0.2, 0) is 26.9 Å². The largest absolute Gasteiger partial charge is 0.444 e. The monoisotopic (exact) mass is 606 g/mol. The molecule has 0 spiro atoms. The minimum absolute atomic E-state index is 0.00249. The minimum Gasteiger partial charge on any atom is -0.444 e. The van der Waals surface area contributed by atoms with Gasteiger partial charge in [-0.1, -0.05) is 55.1 Å². The first-order valence-corrected chi connectivity index (χ1v) is 15.6. The van der Waals surface area contributed by atoms with Crippen LogP contribution in [0.2, 0.25) is 0 Å². The number of ether oxygens (including phenoxy) is 1. The van der Waals surface area contributed by atoms with Crippen LogP contribution in [0.5, 0.6) is 0 Å². The highest BCUT2D eigenvalue weighted by Crippen LogP contribution is 2.35. The van der Waals surface area contributed by atoms with Gasteiger partial charge in [0.15, 0.2) is 0 Å². The maximum atomic E-state index is 13.6. The summed E-state index contributed by atoms with van der Waals surface area (Å²) in [5.41, 5.74) is 0.754. The highest BCUT2D eigenvalue weighted by molar-refractivity contribution is 7.89. The van der Waals surface area contributed by atoms with Gasteiger partial charge in [0.25, 0.3) is 5.69 Å². The summed E-state index contributed by atoms with van der Waals surface area (Å²) in [7, 11) is -2.10. The van der Waals surface area contributed by atoms with Crippen molar-refractivity contribution in [2.75, 3.05) is 26.7 Å². The maximum absolute atomic E-state index is 13.6. The molecule has 4 rings (SSSR count). The molecule has 1 amide bonds. The molecule has 3 aromatic carbocycles. The number of hydrogen-bond acceptors (Lipinski definition) is 7. The Bertz CT molecular complexity index is 1490. The lowest BCUT2D eigenvalue weighted by Gasteiger charge is -2.41. The van der Waals surface area contributed by atoms with E-state index in [4.69, 9.17) is 4.74 Å². The predicted octanol–water partition coefficient (Wildman–Crippen LogP) is 5.77. The van der Waals surface area contributed by atoms with E-state index in [0.29, 0.717) is 31.4 Å². The Morgan fingerprint density at radius 2 is 1.63 bits per heavy atom. The zero-order chi connectivity index (χ0) is 31.0. The molecule has 1 aliphatic heterocycles. The number of nitro benzene ring substituents is 1. The van der Waals surface area contributed by atoms with E-state index in [1.807, 2.05) is 37.3 Å². The van der Waals surface area contributed by atoms with Gasteiger partial charge in [0.1, 0.15) is 6.61 Å². The molecular formula is C32H38N4O6S. The Hall–Kier alpha value is -4.06. The van der Waals surface area contributed by atoms with Gasteiger partial charge in [-0.25, -0.2) is 13.2 Å². The Morgan fingerprint density at radius 3 is 2.19 bits per heavy atom. The van der Waals surface area contributed by atoms with Crippen LogP contribution in [0.1, 0.15) is 37.3 Å². The van der Waals surface area contributed by atoms with E-state index in [-0.39, 0.29) is 23.2 Å². The van der Waals surface area contributed by atoms with E-state index in [0.717, 1.165) is 18.7 Å². The second-order valence-electron chi connectivity index (χ2n) is 10.8. The van der Waals surface area contributed by atoms with Crippen LogP contribution in [0.3, 0.4) is 0 Å². The van der Waals surface area contributed by atoms with E-state index in [1.165, 1.54) is 27.5 Å². The summed E-state index contributed by atoms with van der Waals surface area (Å²) in [4.78, 5) is 27.3. The molecule has 0 aliphatic carbocycles. The molecule has 0 aromatic heterocycles. The molecule has 228 valence electrons. The number of hydrogen-bond donors (Lipinski definition) is 0. The lowest BCUT2D eigenvalue weighted by molar-refractivity contribution is -0.384. The van der Waals surface area contributed by atoms with Crippen LogP contribution in [0.15, 0.2) is 103 Å². The summed E-state index contributed by atoms with van der Waals surface area (Å²) in [5.74, 6) is 0. The van der Waals surface area contributed by atoms with Crippen LogP contribution in [0, 0.1) is 10.1 Å². The van der Waals surface area contributed by atoms with Crippen molar-refractivity contribution in [2.45, 2.75) is 49.3 Å². The summed E-state index contributed by atoms with van der Waals surface area (Å²) in [6.07, 6.45) is 2.95. The number of non-ortho nitro benzene ring substituents is 1. The molecule has 0 N–H and O–H groups in total. The van der Waals surface area contributed by atoms with Crippen LogP contribution >= 0.6 is 0 Å². The lowest BCUT2D eigenvalue weighted by Crippen LogP contribution is -2.49. The summed E-state index contributed by atoms with van der Waals surface area (Å²) in [6.45, 7) is 7.90. The van der Waals surface area contributed by atoms with E-state index in [2.05, 4.69) is 11.5 Å². The standard InChI is InChI=1S/C32H38N4O6S/c1-4-35(31(37)42-25-26-15-17-29(18-16-26)36(38)39)28-19-22-34(23-20-28)24-21-32(2,27-11-7-5-8-12-27)33(3)43(40,41)30-13-9-6-10-14-30/h4-18,28H,1,19-25H2,2-3H3. The van der Waals surface area contributed by atoms with Gasteiger partial charge in [-0.2, -0.15) is 4.31 Å². The van der Waals surface area contributed by atoms with Crippen LogP contribution < -0.4 is 0 Å². The molecule has 1 fully saturated rings. The number of amides is 1. The SMILES string of the molecule is C=CN(C(=O)OCc1ccc([N+](=O)[O-])cc1)C1CCN(CCC(C)(c2ccccc2)N(C)S(=O)(=O)c2ccccc2)CC1. The summed E-state index contributed by atoms with van der Waals surface area (Å²) in [5, 5.41) is 10.9. The van der Waals surface area contributed by atoms with Crippen LogP contribution in [0.4, 0.5) is 10.5 Å². The van der Waals surface area contributed by atoms with Crippen molar-refractivity contribution in [1.82, 2.24) is 14.1 Å². The van der Waals surface area contributed by atoms with Gasteiger partial charge in [0, 0.05) is 51.1 Å². The molecule has 1 atom stereocenters. The number of nitrogens with zero attached hydrogens (tertiary/aromatic N) is 4. The Balaban J connectivity index is 1.37. The lowest BCUT2D eigenvalue weighted by atomic mass is 9.88. The zero-order valence-corrected chi connectivity index (χ0v) is 25.4.